The molecule has 3 heterocycles. The second-order valence-electron chi connectivity index (χ2n) is 7.58. The summed E-state index contributed by atoms with van der Waals surface area (Å²) in [6.45, 7) is 1.39. The zero-order chi connectivity index (χ0) is 21.1. The number of fused-ring (bicyclic) bond motifs is 3. The summed E-state index contributed by atoms with van der Waals surface area (Å²) in [5.41, 5.74) is 0.935. The molecule has 0 aliphatic carbocycles. The highest BCUT2D eigenvalue weighted by Crippen LogP contribution is 2.42. The van der Waals surface area contributed by atoms with Crippen LogP contribution in [0, 0.1) is 5.92 Å². The van der Waals surface area contributed by atoms with E-state index in [1.54, 1.807) is 23.3 Å². The van der Waals surface area contributed by atoms with Crippen molar-refractivity contribution in [2.75, 3.05) is 40.0 Å². The largest absolute Gasteiger partial charge is 0.497 e. The van der Waals surface area contributed by atoms with Gasteiger partial charge in [-0.1, -0.05) is 6.07 Å². The number of hydrogen-bond acceptors (Lipinski definition) is 6. The molecule has 1 fully saturated rings. The van der Waals surface area contributed by atoms with Crippen molar-refractivity contribution in [3.05, 3.63) is 46.2 Å². The summed E-state index contributed by atoms with van der Waals surface area (Å²) in [6.07, 6.45) is 0.563. The van der Waals surface area contributed by atoms with Crippen LogP contribution in [0.5, 0.6) is 11.5 Å². The van der Waals surface area contributed by atoms with E-state index in [1.807, 2.05) is 40.6 Å². The first-order chi connectivity index (χ1) is 14.6. The molecular weight excluding hydrogens is 404 g/mol. The Morgan fingerprint density at radius 1 is 1.37 bits per heavy atom. The molecule has 0 radical (unpaired) electrons. The topological polar surface area (TPSA) is 79.3 Å². The van der Waals surface area contributed by atoms with Gasteiger partial charge in [-0.2, -0.15) is 0 Å². The summed E-state index contributed by atoms with van der Waals surface area (Å²) in [7, 11) is 1.61. The van der Waals surface area contributed by atoms with Crippen LogP contribution in [0.1, 0.15) is 22.9 Å². The van der Waals surface area contributed by atoms with Gasteiger partial charge in [0.2, 0.25) is 11.8 Å². The molecule has 2 aliphatic rings. The van der Waals surface area contributed by atoms with Crippen LogP contribution in [0.15, 0.2) is 35.7 Å². The first-order valence-corrected chi connectivity index (χ1v) is 11.0. The fourth-order valence-electron chi connectivity index (χ4n) is 4.31. The van der Waals surface area contributed by atoms with E-state index < -0.39 is 0 Å². The maximum absolute atomic E-state index is 13.3. The van der Waals surface area contributed by atoms with Gasteiger partial charge in [-0.3, -0.25) is 9.59 Å². The molecule has 2 aliphatic heterocycles. The molecule has 0 spiro atoms. The number of benzene rings is 1. The summed E-state index contributed by atoms with van der Waals surface area (Å²) in [5.74, 6) is 1.31. The molecule has 30 heavy (non-hydrogen) atoms. The lowest BCUT2D eigenvalue weighted by atomic mass is 9.87. The molecule has 0 unspecified atom stereocenters. The Balaban J connectivity index is 1.70. The van der Waals surface area contributed by atoms with Gasteiger partial charge < -0.3 is 24.4 Å². The number of β-amino-alcohol motifs (C(OH)–C–C–N with tert-alkyl or cyclic N) is 1. The lowest BCUT2D eigenvalue weighted by molar-refractivity contribution is -0.142. The van der Waals surface area contributed by atoms with Crippen LogP contribution in [0.4, 0.5) is 0 Å². The minimum absolute atomic E-state index is 0.0135. The van der Waals surface area contributed by atoms with Gasteiger partial charge >= 0.3 is 0 Å². The standard InChI is InChI=1S/C22H26N2O5S/c1-28-16-4-5-18-19(11-16)29-14-15-13-23(8-9-25)20(26)6-7-24(22(15)18)21(27)12-17-3-2-10-30-17/h2-5,10-11,15,22,25H,6-9,12-14H2,1H3/t15-,22-/m0/s1. The van der Waals surface area contributed by atoms with Crippen LogP contribution >= 0.6 is 11.3 Å². The fourth-order valence-corrected chi connectivity index (χ4v) is 5.00. The van der Waals surface area contributed by atoms with Gasteiger partial charge in [-0.25, -0.2) is 0 Å². The molecule has 1 aromatic carbocycles. The molecule has 1 aromatic heterocycles. The molecule has 2 amide bonds. The minimum Gasteiger partial charge on any atom is -0.497 e. The van der Waals surface area contributed by atoms with E-state index in [1.165, 1.54) is 0 Å². The summed E-state index contributed by atoms with van der Waals surface area (Å²) in [4.78, 5) is 30.6. The van der Waals surface area contributed by atoms with Crippen LogP contribution in [0.3, 0.4) is 0 Å². The Labute approximate surface area is 179 Å². The summed E-state index contributed by atoms with van der Waals surface area (Å²) < 4.78 is 11.3. The van der Waals surface area contributed by atoms with Crippen LogP contribution in [0.2, 0.25) is 0 Å². The van der Waals surface area contributed by atoms with Crippen LogP contribution in [0.25, 0.3) is 0 Å². The highest BCUT2D eigenvalue weighted by molar-refractivity contribution is 7.10. The number of methoxy groups -OCH3 is 1. The van der Waals surface area contributed by atoms with Gasteiger partial charge in [-0.15, -0.1) is 11.3 Å². The van der Waals surface area contributed by atoms with Crippen LogP contribution in [-0.4, -0.2) is 66.7 Å². The average molecular weight is 431 g/mol. The SMILES string of the molecule is COc1ccc2c(c1)OC[C@@H]1CN(CCO)C(=O)CCN(C(=O)Cc3cccs3)[C@H]21. The monoisotopic (exact) mass is 430 g/mol. The van der Waals surface area contributed by atoms with Crippen molar-refractivity contribution in [3.8, 4) is 11.5 Å². The van der Waals surface area contributed by atoms with Crippen molar-refractivity contribution in [3.63, 3.8) is 0 Å². The Kier molecular flexibility index (Phi) is 6.24. The van der Waals surface area contributed by atoms with Crippen molar-refractivity contribution < 1.29 is 24.2 Å². The Hall–Kier alpha value is -2.58. The molecule has 7 nitrogen and oxygen atoms in total. The molecule has 2 aromatic rings. The average Bonchev–Trinajstić information content (AvgIpc) is 3.25. The normalized spacial score (nSPS) is 21.2. The van der Waals surface area contributed by atoms with Crippen molar-refractivity contribution >= 4 is 23.2 Å². The number of aliphatic hydroxyl groups excluding tert-OH is 1. The Morgan fingerprint density at radius 2 is 2.23 bits per heavy atom. The predicted molar refractivity (Wildman–Crippen MR) is 113 cm³/mol. The van der Waals surface area contributed by atoms with E-state index in [0.29, 0.717) is 44.2 Å². The van der Waals surface area contributed by atoms with Crippen molar-refractivity contribution in [1.29, 1.82) is 0 Å². The lowest BCUT2D eigenvalue weighted by Crippen LogP contribution is -2.51. The van der Waals surface area contributed by atoms with E-state index in [-0.39, 0.29) is 36.8 Å². The molecule has 0 saturated carbocycles. The summed E-state index contributed by atoms with van der Waals surface area (Å²) in [5, 5.41) is 11.4. The number of rotatable bonds is 5. The molecule has 2 atom stereocenters. The van der Waals surface area contributed by atoms with E-state index in [0.717, 1.165) is 10.4 Å². The maximum atomic E-state index is 13.3. The van der Waals surface area contributed by atoms with Crippen LogP contribution < -0.4 is 9.47 Å². The number of hydrogen-bond donors (Lipinski definition) is 1. The zero-order valence-electron chi connectivity index (χ0n) is 17.0. The van der Waals surface area contributed by atoms with Gasteiger partial charge in [0, 0.05) is 48.5 Å². The number of amides is 2. The van der Waals surface area contributed by atoms with E-state index in [9.17, 15) is 14.7 Å². The molecule has 1 N–H and O–H groups in total. The number of carbonyl (C=O) groups excluding carboxylic acids is 2. The van der Waals surface area contributed by atoms with E-state index in [2.05, 4.69) is 0 Å². The number of nitrogens with zero attached hydrogens (tertiary/aromatic N) is 2. The van der Waals surface area contributed by atoms with Crippen LogP contribution in [-0.2, 0) is 16.0 Å². The third-order valence-electron chi connectivity index (χ3n) is 5.74. The molecule has 1 saturated heterocycles. The van der Waals surface area contributed by atoms with Gasteiger partial charge in [0.1, 0.15) is 11.5 Å². The van der Waals surface area contributed by atoms with Crippen molar-refractivity contribution in [1.82, 2.24) is 9.80 Å². The maximum Gasteiger partial charge on any atom is 0.228 e. The Bertz CT molecular complexity index is 901. The molecule has 4 rings (SSSR count). The molecule has 0 bridgehead atoms. The van der Waals surface area contributed by atoms with E-state index >= 15 is 0 Å². The number of carbonyl (C=O) groups is 2. The van der Waals surface area contributed by atoms with Gasteiger partial charge in [0.15, 0.2) is 0 Å². The second-order valence-corrected chi connectivity index (χ2v) is 8.61. The molecular formula is C22H26N2O5S. The highest BCUT2D eigenvalue weighted by Gasteiger charge is 2.40. The third-order valence-corrected chi connectivity index (χ3v) is 6.62. The molecule has 160 valence electrons. The predicted octanol–water partition coefficient (Wildman–Crippen LogP) is 2.10. The number of ether oxygens (including phenoxy) is 2. The lowest BCUT2D eigenvalue weighted by Gasteiger charge is -2.44. The van der Waals surface area contributed by atoms with Crippen molar-refractivity contribution in [2.45, 2.75) is 18.9 Å². The summed E-state index contributed by atoms with van der Waals surface area (Å²) in [6, 6.07) is 9.39. The number of aliphatic hydroxyl groups is 1. The highest BCUT2D eigenvalue weighted by atomic mass is 32.1. The Morgan fingerprint density at radius 3 is 2.97 bits per heavy atom. The minimum atomic E-state index is -0.193. The van der Waals surface area contributed by atoms with Gasteiger partial charge in [0.25, 0.3) is 0 Å². The summed E-state index contributed by atoms with van der Waals surface area (Å²) >= 11 is 1.56. The first-order valence-electron chi connectivity index (χ1n) is 10.1. The van der Waals surface area contributed by atoms with E-state index in [4.69, 9.17) is 9.47 Å². The second kappa shape index (κ2) is 9.06. The number of thiophene rings is 1. The van der Waals surface area contributed by atoms with Gasteiger partial charge in [0.05, 0.1) is 32.8 Å². The zero-order valence-corrected chi connectivity index (χ0v) is 17.8. The third kappa shape index (κ3) is 4.15. The quantitative estimate of drug-likeness (QED) is 0.786. The first kappa shape index (κ1) is 20.7. The molecule has 8 heteroatoms. The van der Waals surface area contributed by atoms with Gasteiger partial charge in [-0.05, 0) is 23.6 Å². The van der Waals surface area contributed by atoms with Crippen molar-refractivity contribution in [2.24, 2.45) is 5.92 Å². The fraction of sp³-hybridized carbons (Fsp3) is 0.455. The smallest absolute Gasteiger partial charge is 0.228 e.